The van der Waals surface area contributed by atoms with E-state index in [4.69, 9.17) is 9.47 Å². The first-order valence-corrected chi connectivity index (χ1v) is 6.78. The van der Waals surface area contributed by atoms with E-state index in [0.717, 1.165) is 32.5 Å². The molecule has 1 saturated carbocycles. The Morgan fingerprint density at radius 2 is 2.06 bits per heavy atom. The Labute approximate surface area is 99.0 Å². The number of hydrogen-bond acceptors (Lipinski definition) is 2. The molecular weight excluding hydrogens is 200 g/mol. The molecular formula is C14H24O2. The van der Waals surface area contributed by atoms with Gasteiger partial charge in [0.05, 0.1) is 25.1 Å². The molecule has 2 heteroatoms. The van der Waals surface area contributed by atoms with Gasteiger partial charge in [0, 0.05) is 0 Å². The Morgan fingerprint density at radius 3 is 2.69 bits per heavy atom. The molecule has 0 aromatic heterocycles. The van der Waals surface area contributed by atoms with Gasteiger partial charge >= 0.3 is 0 Å². The molecule has 0 spiro atoms. The fourth-order valence-corrected chi connectivity index (χ4v) is 2.41. The average molecular weight is 224 g/mol. The molecule has 0 amide bonds. The standard InChI is InChI=1S/C14H24O2/c1-2-14(12-16-14)9-6-10-15-11-13-7-4-3-5-8-13/h11H,2-10,12H2,1H3. The smallest absolute Gasteiger partial charge is 0.0915 e. The van der Waals surface area contributed by atoms with Crippen LogP contribution in [-0.2, 0) is 9.47 Å². The molecule has 0 bridgehead atoms. The van der Waals surface area contributed by atoms with Crippen LogP contribution < -0.4 is 0 Å². The van der Waals surface area contributed by atoms with E-state index in [9.17, 15) is 0 Å². The second kappa shape index (κ2) is 5.72. The predicted molar refractivity (Wildman–Crippen MR) is 65.3 cm³/mol. The molecule has 16 heavy (non-hydrogen) atoms. The molecule has 1 saturated heterocycles. The molecule has 1 heterocycles. The highest BCUT2D eigenvalue weighted by atomic mass is 16.6. The largest absolute Gasteiger partial charge is 0.501 e. The van der Waals surface area contributed by atoms with Gasteiger partial charge in [-0.3, -0.25) is 0 Å². The molecule has 0 aromatic carbocycles. The Balaban J connectivity index is 1.54. The van der Waals surface area contributed by atoms with Crippen molar-refractivity contribution in [2.45, 2.75) is 63.9 Å². The van der Waals surface area contributed by atoms with E-state index in [1.54, 1.807) is 0 Å². The second-order valence-corrected chi connectivity index (χ2v) is 5.14. The van der Waals surface area contributed by atoms with Gasteiger partial charge in [-0.1, -0.05) is 13.3 Å². The van der Waals surface area contributed by atoms with Crippen LogP contribution in [0.25, 0.3) is 0 Å². The van der Waals surface area contributed by atoms with Gasteiger partial charge in [-0.05, 0) is 50.5 Å². The first-order chi connectivity index (χ1) is 7.85. The summed E-state index contributed by atoms with van der Waals surface area (Å²) in [5, 5.41) is 0. The van der Waals surface area contributed by atoms with Gasteiger partial charge in [-0.25, -0.2) is 0 Å². The molecule has 0 radical (unpaired) electrons. The summed E-state index contributed by atoms with van der Waals surface area (Å²) in [6, 6.07) is 0. The fraction of sp³-hybridized carbons (Fsp3) is 0.857. The minimum atomic E-state index is 0.237. The normalized spacial score (nSPS) is 28.9. The Kier molecular flexibility index (Phi) is 4.28. The average Bonchev–Trinajstić information content (AvgIpc) is 3.11. The van der Waals surface area contributed by atoms with E-state index in [0.29, 0.717) is 0 Å². The van der Waals surface area contributed by atoms with Crippen LogP contribution >= 0.6 is 0 Å². The summed E-state index contributed by atoms with van der Waals surface area (Å²) in [6.45, 7) is 4.02. The maximum absolute atomic E-state index is 5.62. The van der Waals surface area contributed by atoms with Gasteiger partial charge in [0.2, 0.25) is 0 Å². The zero-order valence-corrected chi connectivity index (χ0v) is 10.5. The summed E-state index contributed by atoms with van der Waals surface area (Å²) in [5.41, 5.74) is 1.75. The van der Waals surface area contributed by atoms with Crippen LogP contribution in [0.5, 0.6) is 0 Å². The topological polar surface area (TPSA) is 21.8 Å². The lowest BCUT2D eigenvalue weighted by molar-refractivity contribution is 0.209. The van der Waals surface area contributed by atoms with E-state index < -0.39 is 0 Å². The molecule has 0 aromatic rings. The first kappa shape index (κ1) is 12.0. The molecule has 1 aliphatic carbocycles. The number of hydrogen-bond donors (Lipinski definition) is 0. The summed E-state index contributed by atoms with van der Waals surface area (Å²) in [7, 11) is 0. The monoisotopic (exact) mass is 224 g/mol. The number of allylic oxidation sites excluding steroid dienone is 1. The Morgan fingerprint density at radius 1 is 1.31 bits per heavy atom. The number of rotatable bonds is 6. The zero-order chi connectivity index (χ0) is 11.3. The van der Waals surface area contributed by atoms with Crippen molar-refractivity contribution in [1.29, 1.82) is 0 Å². The highest BCUT2D eigenvalue weighted by Gasteiger charge is 2.41. The van der Waals surface area contributed by atoms with E-state index in [-0.39, 0.29) is 5.60 Å². The second-order valence-electron chi connectivity index (χ2n) is 5.14. The fourth-order valence-electron chi connectivity index (χ4n) is 2.41. The van der Waals surface area contributed by atoms with Crippen molar-refractivity contribution < 1.29 is 9.47 Å². The van der Waals surface area contributed by atoms with Crippen molar-refractivity contribution in [3.63, 3.8) is 0 Å². The van der Waals surface area contributed by atoms with Gasteiger partial charge in [0.1, 0.15) is 0 Å². The summed E-state index contributed by atoms with van der Waals surface area (Å²) < 4.78 is 11.1. The molecule has 1 aliphatic heterocycles. The lowest BCUT2D eigenvalue weighted by Gasteiger charge is -2.13. The lowest BCUT2D eigenvalue weighted by Crippen LogP contribution is -2.09. The quantitative estimate of drug-likeness (QED) is 0.389. The highest BCUT2D eigenvalue weighted by molar-refractivity contribution is 5.00. The van der Waals surface area contributed by atoms with E-state index >= 15 is 0 Å². The van der Waals surface area contributed by atoms with Gasteiger partial charge in [0.15, 0.2) is 0 Å². The van der Waals surface area contributed by atoms with E-state index in [1.165, 1.54) is 37.7 Å². The third-order valence-electron chi connectivity index (χ3n) is 3.84. The van der Waals surface area contributed by atoms with E-state index in [2.05, 4.69) is 6.92 Å². The lowest BCUT2D eigenvalue weighted by atomic mass is 9.96. The van der Waals surface area contributed by atoms with Gasteiger partial charge < -0.3 is 9.47 Å². The van der Waals surface area contributed by atoms with Crippen molar-refractivity contribution in [3.8, 4) is 0 Å². The van der Waals surface area contributed by atoms with Crippen LogP contribution in [0.4, 0.5) is 0 Å². The molecule has 1 atom stereocenters. The summed E-state index contributed by atoms with van der Waals surface area (Å²) in [5.74, 6) is 0. The van der Waals surface area contributed by atoms with Crippen LogP contribution in [0, 0.1) is 0 Å². The van der Waals surface area contributed by atoms with Gasteiger partial charge in [-0.15, -0.1) is 0 Å². The Hall–Kier alpha value is -0.500. The molecule has 1 unspecified atom stereocenters. The molecule has 2 aliphatic rings. The summed E-state index contributed by atoms with van der Waals surface area (Å²) in [4.78, 5) is 0. The molecule has 2 fully saturated rings. The molecule has 2 nitrogen and oxygen atoms in total. The summed E-state index contributed by atoms with van der Waals surface area (Å²) in [6.07, 6.45) is 12.0. The van der Waals surface area contributed by atoms with Crippen LogP contribution in [0.3, 0.4) is 0 Å². The highest BCUT2D eigenvalue weighted by Crippen LogP contribution is 2.35. The first-order valence-electron chi connectivity index (χ1n) is 6.78. The van der Waals surface area contributed by atoms with Crippen molar-refractivity contribution >= 4 is 0 Å². The van der Waals surface area contributed by atoms with E-state index in [1.807, 2.05) is 6.26 Å². The van der Waals surface area contributed by atoms with Crippen molar-refractivity contribution in [2.75, 3.05) is 13.2 Å². The minimum Gasteiger partial charge on any atom is -0.501 e. The SMILES string of the molecule is CCC1(CCCOC=C2CCCCC2)CO1. The zero-order valence-electron chi connectivity index (χ0n) is 10.5. The predicted octanol–water partition coefficient (Wildman–Crippen LogP) is 3.81. The maximum atomic E-state index is 5.62. The molecule has 0 N–H and O–H groups in total. The van der Waals surface area contributed by atoms with Crippen LogP contribution in [0.2, 0.25) is 0 Å². The Bertz CT molecular complexity index is 233. The van der Waals surface area contributed by atoms with Crippen LogP contribution in [0.1, 0.15) is 58.3 Å². The van der Waals surface area contributed by atoms with Crippen molar-refractivity contribution in [3.05, 3.63) is 11.8 Å². The number of epoxide rings is 1. The van der Waals surface area contributed by atoms with Gasteiger partial charge in [0.25, 0.3) is 0 Å². The molecule has 2 rings (SSSR count). The number of ether oxygens (including phenoxy) is 2. The maximum Gasteiger partial charge on any atom is 0.0915 e. The summed E-state index contributed by atoms with van der Waals surface area (Å²) >= 11 is 0. The van der Waals surface area contributed by atoms with Gasteiger partial charge in [-0.2, -0.15) is 0 Å². The third-order valence-corrected chi connectivity index (χ3v) is 3.84. The van der Waals surface area contributed by atoms with Crippen molar-refractivity contribution in [1.82, 2.24) is 0 Å². The van der Waals surface area contributed by atoms with Crippen molar-refractivity contribution in [2.24, 2.45) is 0 Å². The minimum absolute atomic E-state index is 0.237. The van der Waals surface area contributed by atoms with Crippen LogP contribution in [0.15, 0.2) is 11.8 Å². The molecule has 92 valence electrons. The third kappa shape index (κ3) is 3.51. The van der Waals surface area contributed by atoms with Crippen LogP contribution in [-0.4, -0.2) is 18.8 Å².